The van der Waals surface area contributed by atoms with Crippen molar-refractivity contribution in [2.24, 2.45) is 0 Å². The predicted molar refractivity (Wildman–Crippen MR) is 57.7 cm³/mol. The molecule has 0 aromatic heterocycles. The lowest BCUT2D eigenvalue weighted by Gasteiger charge is -2.29. The van der Waals surface area contributed by atoms with Crippen molar-refractivity contribution in [2.45, 2.75) is 51.1 Å². The molecule has 3 nitrogen and oxygen atoms in total. The summed E-state index contributed by atoms with van der Waals surface area (Å²) in [6.45, 7) is 2.61. The molecule has 1 aliphatic rings. The van der Waals surface area contributed by atoms with E-state index in [4.69, 9.17) is 4.74 Å². The molecular formula is C11H20F3NO2. The largest absolute Gasteiger partial charge is 0.522 e. The molecule has 1 fully saturated rings. The second-order valence-corrected chi connectivity index (χ2v) is 4.20. The first-order chi connectivity index (χ1) is 8.01. The van der Waals surface area contributed by atoms with E-state index in [1.165, 1.54) is 0 Å². The maximum atomic E-state index is 11.7. The van der Waals surface area contributed by atoms with Crippen molar-refractivity contribution in [3.8, 4) is 0 Å². The van der Waals surface area contributed by atoms with Crippen molar-refractivity contribution in [1.29, 1.82) is 0 Å². The third-order valence-electron chi connectivity index (χ3n) is 2.87. The van der Waals surface area contributed by atoms with Crippen molar-refractivity contribution >= 4 is 0 Å². The molecule has 102 valence electrons. The van der Waals surface area contributed by atoms with Crippen LogP contribution in [0.25, 0.3) is 0 Å². The van der Waals surface area contributed by atoms with Gasteiger partial charge in [0.15, 0.2) is 0 Å². The van der Waals surface area contributed by atoms with Crippen molar-refractivity contribution in [3.05, 3.63) is 0 Å². The topological polar surface area (TPSA) is 30.5 Å². The molecule has 0 amide bonds. The lowest BCUT2D eigenvalue weighted by atomic mass is 9.93. The van der Waals surface area contributed by atoms with E-state index < -0.39 is 13.0 Å². The van der Waals surface area contributed by atoms with Crippen LogP contribution in [-0.2, 0) is 9.47 Å². The predicted octanol–water partition coefficient (Wildman–Crippen LogP) is 2.46. The van der Waals surface area contributed by atoms with Gasteiger partial charge in [-0.25, -0.2) is 0 Å². The fraction of sp³-hybridized carbons (Fsp3) is 1.00. The van der Waals surface area contributed by atoms with Gasteiger partial charge in [0.05, 0.1) is 19.3 Å². The molecule has 0 saturated heterocycles. The number of nitrogens with one attached hydrogen (secondary N) is 1. The molecule has 0 atom stereocenters. The van der Waals surface area contributed by atoms with E-state index in [0.29, 0.717) is 6.04 Å². The molecule has 17 heavy (non-hydrogen) atoms. The fourth-order valence-corrected chi connectivity index (χ4v) is 2.09. The Morgan fingerprint density at radius 1 is 1.12 bits per heavy atom. The van der Waals surface area contributed by atoms with Crippen LogP contribution >= 0.6 is 0 Å². The van der Waals surface area contributed by atoms with Crippen LogP contribution in [0.4, 0.5) is 13.2 Å². The molecule has 0 radical (unpaired) electrons. The van der Waals surface area contributed by atoms with E-state index in [1.54, 1.807) is 0 Å². The van der Waals surface area contributed by atoms with E-state index >= 15 is 0 Å². The Bertz CT molecular complexity index is 203. The maximum Gasteiger partial charge on any atom is 0.522 e. The molecule has 1 rings (SSSR count). The Morgan fingerprint density at radius 2 is 1.76 bits per heavy atom. The molecule has 6 heteroatoms. The van der Waals surface area contributed by atoms with Crippen LogP contribution < -0.4 is 5.32 Å². The lowest BCUT2D eigenvalue weighted by molar-refractivity contribution is -0.327. The van der Waals surface area contributed by atoms with Gasteiger partial charge >= 0.3 is 6.36 Å². The standard InChI is InChI=1S/C11H20F3NO2/c1-2-15-9-3-5-10(6-4-9)16-7-8-17-11(12,13)14/h9-10,15H,2-8H2,1H3. The number of rotatable bonds is 6. The van der Waals surface area contributed by atoms with Crippen LogP contribution in [0.1, 0.15) is 32.6 Å². The van der Waals surface area contributed by atoms with Gasteiger partial charge in [0.1, 0.15) is 0 Å². The Balaban J connectivity index is 2.02. The first-order valence-corrected chi connectivity index (χ1v) is 6.07. The number of hydrogen-bond donors (Lipinski definition) is 1. The fourth-order valence-electron chi connectivity index (χ4n) is 2.09. The van der Waals surface area contributed by atoms with Gasteiger partial charge in [0.2, 0.25) is 0 Å². The van der Waals surface area contributed by atoms with Gasteiger partial charge in [0.25, 0.3) is 0 Å². The highest BCUT2D eigenvalue weighted by atomic mass is 19.4. The highest BCUT2D eigenvalue weighted by molar-refractivity contribution is 4.76. The van der Waals surface area contributed by atoms with Crippen LogP contribution in [0.15, 0.2) is 0 Å². The first-order valence-electron chi connectivity index (χ1n) is 6.07. The van der Waals surface area contributed by atoms with Crippen molar-refractivity contribution in [1.82, 2.24) is 5.32 Å². The third kappa shape index (κ3) is 6.85. The summed E-state index contributed by atoms with van der Waals surface area (Å²) in [6, 6.07) is 0.534. The normalized spacial score (nSPS) is 26.1. The van der Waals surface area contributed by atoms with Crippen molar-refractivity contribution in [2.75, 3.05) is 19.8 Å². The van der Waals surface area contributed by atoms with Gasteiger partial charge in [-0.15, -0.1) is 13.2 Å². The average molecular weight is 255 g/mol. The molecule has 0 aliphatic heterocycles. The van der Waals surface area contributed by atoms with Crippen LogP contribution in [-0.4, -0.2) is 38.3 Å². The second kappa shape index (κ2) is 7.18. The van der Waals surface area contributed by atoms with Gasteiger partial charge in [-0.2, -0.15) is 0 Å². The second-order valence-electron chi connectivity index (χ2n) is 4.20. The van der Waals surface area contributed by atoms with Crippen LogP contribution in [0.5, 0.6) is 0 Å². The highest BCUT2D eigenvalue weighted by Crippen LogP contribution is 2.21. The van der Waals surface area contributed by atoms with Gasteiger partial charge < -0.3 is 10.1 Å². The van der Waals surface area contributed by atoms with Crippen LogP contribution in [0, 0.1) is 0 Å². The maximum absolute atomic E-state index is 11.7. The smallest absolute Gasteiger partial charge is 0.376 e. The Hall–Kier alpha value is -0.330. The van der Waals surface area contributed by atoms with Gasteiger partial charge in [0, 0.05) is 6.04 Å². The molecule has 0 heterocycles. The molecular weight excluding hydrogens is 235 g/mol. The Morgan fingerprint density at radius 3 is 2.29 bits per heavy atom. The summed E-state index contributed by atoms with van der Waals surface area (Å²) in [5, 5.41) is 3.36. The zero-order chi connectivity index (χ0) is 12.7. The minimum Gasteiger partial charge on any atom is -0.376 e. The molecule has 0 unspecified atom stereocenters. The number of alkyl halides is 3. The van der Waals surface area contributed by atoms with Crippen LogP contribution in [0.2, 0.25) is 0 Å². The summed E-state index contributed by atoms with van der Waals surface area (Å²) >= 11 is 0. The molecule has 0 spiro atoms. The number of hydrogen-bond acceptors (Lipinski definition) is 3. The number of halogens is 3. The monoisotopic (exact) mass is 255 g/mol. The van der Waals surface area contributed by atoms with E-state index in [9.17, 15) is 13.2 Å². The summed E-state index contributed by atoms with van der Waals surface area (Å²) < 4.78 is 44.0. The third-order valence-corrected chi connectivity index (χ3v) is 2.87. The van der Waals surface area contributed by atoms with Gasteiger partial charge in [-0.05, 0) is 32.2 Å². The SMILES string of the molecule is CCNC1CCC(OCCOC(F)(F)F)CC1. The molecule has 0 aromatic carbocycles. The van der Waals surface area contributed by atoms with E-state index in [1.807, 2.05) is 0 Å². The van der Waals surface area contributed by atoms with Crippen molar-refractivity contribution < 1.29 is 22.6 Å². The lowest BCUT2D eigenvalue weighted by Crippen LogP contribution is -2.35. The van der Waals surface area contributed by atoms with E-state index in [-0.39, 0.29) is 12.7 Å². The number of ether oxygens (including phenoxy) is 2. The molecule has 1 aliphatic carbocycles. The average Bonchev–Trinajstić information content (AvgIpc) is 2.26. The molecule has 0 aromatic rings. The van der Waals surface area contributed by atoms with Gasteiger partial charge in [-0.1, -0.05) is 6.92 Å². The minimum absolute atomic E-state index is 0.00997. The molecule has 1 saturated carbocycles. The zero-order valence-electron chi connectivity index (χ0n) is 10.1. The van der Waals surface area contributed by atoms with Gasteiger partial charge in [-0.3, -0.25) is 4.74 Å². The quantitative estimate of drug-likeness (QED) is 0.740. The molecule has 0 bridgehead atoms. The van der Waals surface area contributed by atoms with Crippen LogP contribution in [0.3, 0.4) is 0 Å². The minimum atomic E-state index is -4.55. The summed E-state index contributed by atoms with van der Waals surface area (Å²) in [6.07, 6.45) is -0.599. The van der Waals surface area contributed by atoms with E-state index in [0.717, 1.165) is 32.2 Å². The zero-order valence-corrected chi connectivity index (χ0v) is 10.1. The van der Waals surface area contributed by atoms with E-state index in [2.05, 4.69) is 17.0 Å². The highest BCUT2D eigenvalue weighted by Gasteiger charge is 2.29. The first kappa shape index (κ1) is 14.7. The van der Waals surface area contributed by atoms with Crippen molar-refractivity contribution in [3.63, 3.8) is 0 Å². The summed E-state index contributed by atoms with van der Waals surface area (Å²) in [7, 11) is 0. The summed E-state index contributed by atoms with van der Waals surface area (Å²) in [5.41, 5.74) is 0. The summed E-state index contributed by atoms with van der Waals surface area (Å²) in [5.74, 6) is 0. The Kier molecular flexibility index (Phi) is 6.22. The Labute approximate surface area is 99.7 Å². The molecule has 1 N–H and O–H groups in total. The summed E-state index contributed by atoms with van der Waals surface area (Å²) in [4.78, 5) is 0.